The van der Waals surface area contributed by atoms with E-state index in [0.717, 1.165) is 23.5 Å². The van der Waals surface area contributed by atoms with Crippen molar-refractivity contribution >= 4 is 17.5 Å². The Morgan fingerprint density at radius 2 is 2.00 bits per heavy atom. The van der Waals surface area contributed by atoms with E-state index >= 15 is 0 Å². The van der Waals surface area contributed by atoms with E-state index in [-0.39, 0.29) is 5.41 Å². The zero-order valence-corrected chi connectivity index (χ0v) is 11.2. The summed E-state index contributed by atoms with van der Waals surface area (Å²) in [6.07, 6.45) is 4.21. The van der Waals surface area contributed by atoms with Crippen LogP contribution in [0.2, 0.25) is 0 Å². The Balaban J connectivity index is 2.65. The monoisotopic (exact) mass is 226 g/mol. The van der Waals surface area contributed by atoms with Crippen LogP contribution in [-0.2, 0) is 4.79 Å². The number of carbonyl (C=O) groups is 1. The van der Waals surface area contributed by atoms with E-state index in [1.807, 2.05) is 0 Å². The number of ketones is 1. The first kappa shape index (κ1) is 12.8. The minimum Gasteiger partial charge on any atom is -0.294 e. The predicted molar refractivity (Wildman–Crippen MR) is 68.1 cm³/mol. The van der Waals surface area contributed by atoms with Gasteiger partial charge in [-0.3, -0.25) is 4.79 Å². The van der Waals surface area contributed by atoms with E-state index in [4.69, 9.17) is 0 Å². The Hall–Kier alpha value is -0.240. The molecule has 0 aromatic rings. The van der Waals surface area contributed by atoms with Crippen LogP contribution in [0.1, 0.15) is 53.4 Å². The van der Waals surface area contributed by atoms with Crippen molar-refractivity contribution in [2.75, 3.05) is 5.75 Å². The van der Waals surface area contributed by atoms with Gasteiger partial charge < -0.3 is 0 Å². The van der Waals surface area contributed by atoms with E-state index in [9.17, 15) is 4.79 Å². The van der Waals surface area contributed by atoms with Crippen LogP contribution in [0, 0.1) is 5.41 Å². The van der Waals surface area contributed by atoms with Gasteiger partial charge in [-0.05, 0) is 30.9 Å². The fourth-order valence-corrected chi connectivity index (χ4v) is 3.32. The second-order valence-corrected chi connectivity index (χ2v) is 6.36. The highest BCUT2D eigenvalue weighted by molar-refractivity contribution is 8.04. The molecule has 1 rings (SSSR count). The van der Waals surface area contributed by atoms with Crippen LogP contribution in [0.3, 0.4) is 0 Å². The molecule has 0 radical (unpaired) electrons. The summed E-state index contributed by atoms with van der Waals surface area (Å²) >= 11 is 1.77. The molecule has 0 atom stereocenters. The first-order valence-corrected chi connectivity index (χ1v) is 6.80. The topological polar surface area (TPSA) is 17.1 Å². The predicted octanol–water partition coefficient (Wildman–Crippen LogP) is 4.18. The number of unbranched alkanes of at least 4 members (excludes halogenated alkanes) is 1. The van der Waals surface area contributed by atoms with Crippen molar-refractivity contribution in [3.8, 4) is 0 Å². The van der Waals surface area contributed by atoms with Gasteiger partial charge in [-0.2, -0.15) is 0 Å². The standard InChI is InChI=1S/C13H22OS/c1-5-6-7-15-12-10(2)8-13(3,4)9-11(12)14/h5-9H2,1-4H3. The van der Waals surface area contributed by atoms with Crippen LogP contribution >= 0.6 is 11.8 Å². The maximum atomic E-state index is 11.9. The Labute approximate surface area is 97.7 Å². The molecule has 1 nitrogen and oxygen atoms in total. The smallest absolute Gasteiger partial charge is 0.169 e. The van der Waals surface area contributed by atoms with Crippen molar-refractivity contribution in [1.29, 1.82) is 0 Å². The highest BCUT2D eigenvalue weighted by Gasteiger charge is 2.30. The van der Waals surface area contributed by atoms with Gasteiger partial charge in [0.1, 0.15) is 0 Å². The summed E-state index contributed by atoms with van der Waals surface area (Å²) in [5.41, 5.74) is 1.48. The second-order valence-electron chi connectivity index (χ2n) is 5.25. The van der Waals surface area contributed by atoms with E-state index in [1.54, 1.807) is 11.8 Å². The van der Waals surface area contributed by atoms with E-state index in [0.29, 0.717) is 5.78 Å². The summed E-state index contributed by atoms with van der Waals surface area (Å²) in [4.78, 5) is 13.0. The molecular weight excluding hydrogens is 204 g/mol. The molecule has 0 bridgehead atoms. The average Bonchev–Trinajstić information content (AvgIpc) is 2.08. The third-order valence-corrected chi connectivity index (χ3v) is 4.13. The number of allylic oxidation sites excluding steroid dienone is 2. The minimum absolute atomic E-state index is 0.177. The normalized spacial score (nSPS) is 20.9. The lowest BCUT2D eigenvalue weighted by atomic mass is 9.77. The lowest BCUT2D eigenvalue weighted by Gasteiger charge is -2.30. The van der Waals surface area contributed by atoms with Crippen LogP contribution < -0.4 is 0 Å². The molecule has 0 N–H and O–H groups in total. The van der Waals surface area contributed by atoms with Gasteiger partial charge in [0.05, 0.1) is 0 Å². The molecule has 0 aromatic carbocycles. The quantitative estimate of drug-likeness (QED) is 0.669. The molecule has 0 aromatic heterocycles. The highest BCUT2D eigenvalue weighted by atomic mass is 32.2. The van der Waals surface area contributed by atoms with E-state index in [2.05, 4.69) is 27.7 Å². The first-order chi connectivity index (χ1) is 6.96. The van der Waals surface area contributed by atoms with Gasteiger partial charge in [0.15, 0.2) is 5.78 Å². The molecule has 15 heavy (non-hydrogen) atoms. The lowest BCUT2D eigenvalue weighted by molar-refractivity contribution is -0.117. The summed E-state index contributed by atoms with van der Waals surface area (Å²) < 4.78 is 0. The number of Topliss-reactive ketones (excluding diaryl/α,β-unsaturated/α-hetero) is 1. The summed E-state index contributed by atoms with van der Waals surface area (Å²) in [6, 6.07) is 0. The number of thioether (sulfide) groups is 1. The van der Waals surface area contributed by atoms with Gasteiger partial charge in [-0.1, -0.05) is 32.8 Å². The summed E-state index contributed by atoms with van der Waals surface area (Å²) in [5, 5.41) is 0. The van der Waals surface area contributed by atoms with Crippen molar-refractivity contribution < 1.29 is 4.79 Å². The molecule has 0 spiro atoms. The van der Waals surface area contributed by atoms with Crippen LogP contribution in [0.25, 0.3) is 0 Å². The van der Waals surface area contributed by atoms with Gasteiger partial charge in [0, 0.05) is 11.3 Å². The van der Waals surface area contributed by atoms with Gasteiger partial charge in [0.25, 0.3) is 0 Å². The van der Waals surface area contributed by atoms with Crippen molar-refractivity contribution in [2.45, 2.75) is 53.4 Å². The number of rotatable bonds is 4. The number of hydrogen-bond acceptors (Lipinski definition) is 2. The van der Waals surface area contributed by atoms with Crippen LogP contribution in [0.5, 0.6) is 0 Å². The zero-order valence-electron chi connectivity index (χ0n) is 10.4. The van der Waals surface area contributed by atoms with Crippen molar-refractivity contribution in [3.05, 3.63) is 10.5 Å². The zero-order chi connectivity index (χ0) is 11.5. The number of carbonyl (C=O) groups excluding carboxylic acids is 1. The van der Waals surface area contributed by atoms with Crippen LogP contribution in [0.4, 0.5) is 0 Å². The largest absolute Gasteiger partial charge is 0.294 e. The SMILES string of the molecule is CCCCSC1=C(C)CC(C)(C)CC1=O. The number of hydrogen-bond donors (Lipinski definition) is 0. The molecule has 0 amide bonds. The summed E-state index contributed by atoms with van der Waals surface area (Å²) in [6.45, 7) is 8.67. The Kier molecular flexibility index (Phi) is 4.45. The molecule has 0 heterocycles. The summed E-state index contributed by atoms with van der Waals surface area (Å²) in [7, 11) is 0. The Morgan fingerprint density at radius 1 is 1.33 bits per heavy atom. The third kappa shape index (κ3) is 3.67. The maximum absolute atomic E-state index is 11.9. The molecule has 0 saturated carbocycles. The lowest BCUT2D eigenvalue weighted by Crippen LogP contribution is -2.24. The average molecular weight is 226 g/mol. The van der Waals surface area contributed by atoms with Crippen molar-refractivity contribution in [1.82, 2.24) is 0 Å². The molecule has 0 saturated heterocycles. The third-order valence-electron chi connectivity index (χ3n) is 2.77. The van der Waals surface area contributed by atoms with Gasteiger partial charge >= 0.3 is 0 Å². The van der Waals surface area contributed by atoms with E-state index in [1.165, 1.54) is 18.4 Å². The molecule has 86 valence electrons. The molecule has 2 heteroatoms. The van der Waals surface area contributed by atoms with Crippen molar-refractivity contribution in [2.24, 2.45) is 5.41 Å². The molecule has 0 fully saturated rings. The van der Waals surface area contributed by atoms with Crippen LogP contribution in [-0.4, -0.2) is 11.5 Å². The van der Waals surface area contributed by atoms with Gasteiger partial charge in [-0.25, -0.2) is 0 Å². The fourth-order valence-electron chi connectivity index (χ4n) is 2.14. The molecule has 1 aliphatic carbocycles. The fraction of sp³-hybridized carbons (Fsp3) is 0.769. The Bertz CT molecular complexity index is 276. The maximum Gasteiger partial charge on any atom is 0.169 e. The summed E-state index contributed by atoms with van der Waals surface area (Å²) in [5.74, 6) is 1.46. The van der Waals surface area contributed by atoms with Crippen molar-refractivity contribution in [3.63, 3.8) is 0 Å². The molecular formula is C13H22OS. The minimum atomic E-state index is 0.177. The van der Waals surface area contributed by atoms with Gasteiger partial charge in [0.2, 0.25) is 0 Å². The highest BCUT2D eigenvalue weighted by Crippen LogP contribution is 2.40. The van der Waals surface area contributed by atoms with Crippen LogP contribution in [0.15, 0.2) is 10.5 Å². The molecule has 0 unspecified atom stereocenters. The molecule has 0 aliphatic heterocycles. The second kappa shape index (κ2) is 5.20. The molecule has 1 aliphatic rings. The van der Waals surface area contributed by atoms with E-state index < -0.39 is 0 Å². The Morgan fingerprint density at radius 3 is 2.53 bits per heavy atom. The first-order valence-electron chi connectivity index (χ1n) is 5.82. The van der Waals surface area contributed by atoms with Gasteiger partial charge in [-0.15, -0.1) is 11.8 Å².